The fourth-order valence-corrected chi connectivity index (χ4v) is 3.05. The van der Waals surface area contributed by atoms with E-state index in [0.29, 0.717) is 0 Å². The molecule has 0 aliphatic carbocycles. The fourth-order valence-electron chi connectivity index (χ4n) is 2.06. The Balaban J connectivity index is 2.13. The average molecular weight is 300 g/mol. The maximum atomic E-state index is 12.5. The molecule has 110 valence electrons. The van der Waals surface area contributed by atoms with Crippen molar-refractivity contribution in [3.05, 3.63) is 59.2 Å². The largest absolute Gasteiger partial charge is 0.497 e. The van der Waals surface area contributed by atoms with Crippen molar-refractivity contribution in [1.29, 1.82) is 0 Å². The minimum Gasteiger partial charge on any atom is -0.497 e. The van der Waals surface area contributed by atoms with Crippen molar-refractivity contribution in [3.8, 4) is 5.75 Å². The second kappa shape index (κ2) is 6.81. The van der Waals surface area contributed by atoms with Gasteiger partial charge in [-0.3, -0.25) is 4.79 Å². The summed E-state index contributed by atoms with van der Waals surface area (Å²) in [6.07, 6.45) is 0. The van der Waals surface area contributed by atoms with Crippen LogP contribution >= 0.6 is 11.8 Å². The van der Waals surface area contributed by atoms with Gasteiger partial charge in [-0.1, -0.05) is 18.2 Å². The Morgan fingerprint density at radius 3 is 2.52 bits per heavy atom. The summed E-state index contributed by atoms with van der Waals surface area (Å²) in [5, 5.41) is -0.126. The Morgan fingerprint density at radius 2 is 1.86 bits per heavy atom. The van der Waals surface area contributed by atoms with Crippen LogP contribution in [0.15, 0.2) is 47.4 Å². The Labute approximate surface area is 130 Å². The summed E-state index contributed by atoms with van der Waals surface area (Å²) in [6, 6.07) is 13.7. The van der Waals surface area contributed by atoms with Gasteiger partial charge in [-0.2, -0.15) is 0 Å². The molecule has 0 heterocycles. The standard InChI is InChI=1S/C18H20O2S/c1-12-8-9-15(10-13(12)2)18(19)14(3)21-17-7-5-6-16(11-17)20-4/h5-11,14H,1-4H3. The fraction of sp³-hybridized carbons (Fsp3) is 0.278. The molecule has 0 amide bonds. The van der Waals surface area contributed by atoms with E-state index in [0.717, 1.165) is 21.8 Å². The van der Waals surface area contributed by atoms with Crippen LogP contribution in [0.2, 0.25) is 0 Å². The first-order chi connectivity index (χ1) is 10.0. The number of methoxy groups -OCH3 is 1. The van der Waals surface area contributed by atoms with Gasteiger partial charge in [0.15, 0.2) is 5.78 Å². The van der Waals surface area contributed by atoms with Gasteiger partial charge in [-0.15, -0.1) is 11.8 Å². The van der Waals surface area contributed by atoms with E-state index in [9.17, 15) is 4.79 Å². The quantitative estimate of drug-likeness (QED) is 0.592. The lowest BCUT2D eigenvalue weighted by Crippen LogP contribution is -2.13. The Morgan fingerprint density at radius 1 is 1.10 bits per heavy atom. The maximum Gasteiger partial charge on any atom is 0.175 e. The summed E-state index contributed by atoms with van der Waals surface area (Å²) in [7, 11) is 1.65. The molecule has 0 aromatic heterocycles. The van der Waals surface area contributed by atoms with Crippen molar-refractivity contribution < 1.29 is 9.53 Å². The molecule has 0 bridgehead atoms. The number of rotatable bonds is 5. The van der Waals surface area contributed by atoms with E-state index in [4.69, 9.17) is 4.74 Å². The van der Waals surface area contributed by atoms with Gasteiger partial charge in [0.05, 0.1) is 12.4 Å². The minimum absolute atomic E-state index is 0.126. The molecule has 0 N–H and O–H groups in total. The summed E-state index contributed by atoms with van der Waals surface area (Å²) in [6.45, 7) is 6.03. The third kappa shape index (κ3) is 3.88. The topological polar surface area (TPSA) is 26.3 Å². The number of hydrogen-bond acceptors (Lipinski definition) is 3. The highest BCUT2D eigenvalue weighted by Crippen LogP contribution is 2.28. The number of thioether (sulfide) groups is 1. The van der Waals surface area contributed by atoms with Gasteiger partial charge < -0.3 is 4.74 Å². The normalized spacial score (nSPS) is 12.0. The minimum atomic E-state index is -0.126. The Bertz CT molecular complexity index is 649. The third-order valence-electron chi connectivity index (χ3n) is 3.51. The Kier molecular flexibility index (Phi) is 5.07. The number of aryl methyl sites for hydroxylation is 2. The molecule has 0 aliphatic rings. The van der Waals surface area contributed by atoms with E-state index in [-0.39, 0.29) is 11.0 Å². The maximum absolute atomic E-state index is 12.5. The molecule has 2 nitrogen and oxygen atoms in total. The number of carbonyl (C=O) groups excluding carboxylic acids is 1. The molecular formula is C18H20O2S. The number of hydrogen-bond donors (Lipinski definition) is 0. The van der Waals surface area contributed by atoms with Crippen LogP contribution in [0.3, 0.4) is 0 Å². The van der Waals surface area contributed by atoms with Crippen LogP contribution in [0.5, 0.6) is 5.75 Å². The van der Waals surface area contributed by atoms with Crippen molar-refractivity contribution in [3.63, 3.8) is 0 Å². The smallest absolute Gasteiger partial charge is 0.175 e. The number of benzene rings is 2. The van der Waals surface area contributed by atoms with Crippen LogP contribution in [0.4, 0.5) is 0 Å². The zero-order chi connectivity index (χ0) is 15.4. The first-order valence-corrected chi connectivity index (χ1v) is 7.81. The predicted octanol–water partition coefficient (Wildman–Crippen LogP) is 4.68. The second-order valence-corrected chi connectivity index (χ2v) is 6.52. The van der Waals surface area contributed by atoms with Crippen molar-refractivity contribution >= 4 is 17.5 Å². The van der Waals surface area contributed by atoms with Gasteiger partial charge in [-0.25, -0.2) is 0 Å². The third-order valence-corrected chi connectivity index (χ3v) is 4.61. The van der Waals surface area contributed by atoms with Crippen molar-refractivity contribution in [2.45, 2.75) is 30.9 Å². The molecule has 0 radical (unpaired) electrons. The molecule has 3 heteroatoms. The summed E-state index contributed by atoms with van der Waals surface area (Å²) in [5.41, 5.74) is 3.14. The van der Waals surface area contributed by atoms with Crippen molar-refractivity contribution in [2.75, 3.05) is 7.11 Å². The zero-order valence-corrected chi connectivity index (χ0v) is 13.7. The highest BCUT2D eigenvalue weighted by molar-refractivity contribution is 8.00. The summed E-state index contributed by atoms with van der Waals surface area (Å²) >= 11 is 1.56. The lowest BCUT2D eigenvalue weighted by atomic mass is 10.0. The first-order valence-electron chi connectivity index (χ1n) is 6.93. The number of ether oxygens (including phenoxy) is 1. The van der Waals surface area contributed by atoms with Crippen LogP contribution in [0.25, 0.3) is 0 Å². The molecule has 0 saturated heterocycles. The van der Waals surface area contributed by atoms with Gasteiger partial charge in [0, 0.05) is 10.5 Å². The second-order valence-electron chi connectivity index (χ2n) is 5.10. The first kappa shape index (κ1) is 15.6. The lowest BCUT2D eigenvalue weighted by molar-refractivity contribution is 0.0994. The van der Waals surface area contributed by atoms with Gasteiger partial charge >= 0.3 is 0 Å². The molecule has 0 aliphatic heterocycles. The van der Waals surface area contributed by atoms with Crippen molar-refractivity contribution in [2.24, 2.45) is 0 Å². The van der Waals surface area contributed by atoms with Crippen LogP contribution < -0.4 is 4.74 Å². The number of ketones is 1. The molecular weight excluding hydrogens is 280 g/mol. The summed E-state index contributed by atoms with van der Waals surface area (Å²) in [5.74, 6) is 0.969. The van der Waals surface area contributed by atoms with E-state index in [1.54, 1.807) is 18.9 Å². The summed E-state index contributed by atoms with van der Waals surface area (Å²) < 4.78 is 5.21. The van der Waals surface area contributed by atoms with Crippen LogP contribution in [-0.4, -0.2) is 18.1 Å². The van der Waals surface area contributed by atoms with E-state index in [1.807, 2.05) is 56.3 Å². The van der Waals surface area contributed by atoms with Gasteiger partial charge in [0.25, 0.3) is 0 Å². The summed E-state index contributed by atoms with van der Waals surface area (Å²) in [4.78, 5) is 13.6. The highest BCUT2D eigenvalue weighted by atomic mass is 32.2. The molecule has 1 unspecified atom stereocenters. The van der Waals surface area contributed by atoms with Gasteiger partial charge in [-0.05, 0) is 56.2 Å². The van der Waals surface area contributed by atoms with E-state index < -0.39 is 0 Å². The predicted molar refractivity (Wildman–Crippen MR) is 88.6 cm³/mol. The highest BCUT2D eigenvalue weighted by Gasteiger charge is 2.17. The van der Waals surface area contributed by atoms with Crippen molar-refractivity contribution in [1.82, 2.24) is 0 Å². The average Bonchev–Trinajstić information content (AvgIpc) is 2.49. The zero-order valence-electron chi connectivity index (χ0n) is 12.8. The van der Waals surface area contributed by atoms with E-state index in [2.05, 4.69) is 6.92 Å². The molecule has 2 aromatic carbocycles. The lowest BCUT2D eigenvalue weighted by Gasteiger charge is -2.12. The molecule has 2 rings (SSSR count). The number of carbonyl (C=O) groups is 1. The van der Waals surface area contributed by atoms with Gasteiger partial charge in [0.1, 0.15) is 5.75 Å². The Hall–Kier alpha value is -1.74. The molecule has 2 aromatic rings. The van der Waals surface area contributed by atoms with Gasteiger partial charge in [0.2, 0.25) is 0 Å². The molecule has 0 fully saturated rings. The molecule has 0 spiro atoms. The van der Waals surface area contributed by atoms with E-state index >= 15 is 0 Å². The van der Waals surface area contributed by atoms with Crippen LogP contribution in [0.1, 0.15) is 28.4 Å². The van der Waals surface area contributed by atoms with E-state index in [1.165, 1.54) is 5.56 Å². The molecule has 21 heavy (non-hydrogen) atoms. The van der Waals surface area contributed by atoms with Crippen LogP contribution in [-0.2, 0) is 0 Å². The SMILES string of the molecule is COc1cccc(SC(C)C(=O)c2ccc(C)c(C)c2)c1. The number of Topliss-reactive ketones (excluding diaryl/α,β-unsaturated/α-hetero) is 1. The monoisotopic (exact) mass is 300 g/mol. The molecule has 1 atom stereocenters. The molecule has 0 saturated carbocycles. The van der Waals surface area contributed by atoms with Crippen LogP contribution in [0, 0.1) is 13.8 Å².